The maximum atomic E-state index is 12.3. The second-order valence-electron chi connectivity index (χ2n) is 5.43. The number of hydrogen-bond acceptors (Lipinski definition) is 4. The maximum Gasteiger partial charge on any atom is 0.244 e. The molecule has 0 radical (unpaired) electrons. The van der Waals surface area contributed by atoms with Gasteiger partial charge in [-0.3, -0.25) is 0 Å². The molecule has 2 fully saturated rings. The fourth-order valence-corrected chi connectivity index (χ4v) is 3.79. The van der Waals surface area contributed by atoms with E-state index in [0.29, 0.717) is 5.75 Å². The highest BCUT2D eigenvalue weighted by atomic mass is 32.2. The molecule has 0 unspecified atom stereocenters. The van der Waals surface area contributed by atoms with Crippen molar-refractivity contribution in [3.8, 4) is 5.75 Å². The highest BCUT2D eigenvalue weighted by molar-refractivity contribution is 7.89. The highest BCUT2D eigenvalue weighted by Gasteiger charge is 2.30. The predicted octanol–water partition coefficient (Wildman–Crippen LogP) is 1.26. The third kappa shape index (κ3) is 3.31. The molecule has 20 heavy (non-hydrogen) atoms. The summed E-state index contributed by atoms with van der Waals surface area (Å²) in [7, 11) is -3.47. The van der Waals surface area contributed by atoms with Gasteiger partial charge in [0.25, 0.3) is 0 Å². The lowest BCUT2D eigenvalue weighted by Crippen LogP contribution is -2.37. The van der Waals surface area contributed by atoms with E-state index in [4.69, 9.17) is 4.74 Å². The van der Waals surface area contributed by atoms with Gasteiger partial charge in [0, 0.05) is 12.6 Å². The molecular formula is C14H20N2O3S. The Hall–Kier alpha value is -1.11. The molecule has 1 saturated carbocycles. The average Bonchev–Trinajstić information content (AvgIpc) is 3.24. The Balaban J connectivity index is 1.79. The first kappa shape index (κ1) is 13.9. The van der Waals surface area contributed by atoms with Crippen molar-refractivity contribution in [2.45, 2.75) is 42.7 Å². The molecule has 1 aromatic rings. The SMILES string of the molecule is O=S(=O)(NC1CC1)c1ccccc1O[C@H]1CCCNC1. The van der Waals surface area contributed by atoms with Crippen LogP contribution in [0.25, 0.3) is 0 Å². The van der Waals surface area contributed by atoms with Crippen LogP contribution in [0, 0.1) is 0 Å². The van der Waals surface area contributed by atoms with Gasteiger partial charge >= 0.3 is 0 Å². The van der Waals surface area contributed by atoms with E-state index in [1.807, 2.05) is 6.07 Å². The van der Waals surface area contributed by atoms with E-state index in [1.54, 1.807) is 18.2 Å². The summed E-state index contributed by atoms with van der Waals surface area (Å²) < 4.78 is 33.3. The van der Waals surface area contributed by atoms with Crippen molar-refractivity contribution >= 4 is 10.0 Å². The van der Waals surface area contributed by atoms with Crippen molar-refractivity contribution in [2.24, 2.45) is 0 Å². The van der Waals surface area contributed by atoms with Gasteiger partial charge in [0.2, 0.25) is 10.0 Å². The van der Waals surface area contributed by atoms with Gasteiger partial charge in [-0.1, -0.05) is 12.1 Å². The van der Waals surface area contributed by atoms with Gasteiger partial charge in [0.1, 0.15) is 16.7 Å². The number of hydrogen-bond donors (Lipinski definition) is 2. The molecule has 1 aliphatic heterocycles. The Bertz CT molecular complexity index is 564. The molecule has 1 aromatic carbocycles. The van der Waals surface area contributed by atoms with Crippen LogP contribution in [-0.4, -0.2) is 33.7 Å². The zero-order valence-electron chi connectivity index (χ0n) is 11.3. The number of nitrogens with one attached hydrogen (secondary N) is 2. The Labute approximate surface area is 119 Å². The van der Waals surface area contributed by atoms with E-state index < -0.39 is 10.0 Å². The molecule has 0 bridgehead atoms. The lowest BCUT2D eigenvalue weighted by atomic mass is 10.1. The van der Waals surface area contributed by atoms with E-state index in [9.17, 15) is 8.42 Å². The summed E-state index contributed by atoms with van der Waals surface area (Å²) in [5.74, 6) is 0.453. The summed E-state index contributed by atoms with van der Waals surface area (Å²) >= 11 is 0. The Kier molecular flexibility index (Phi) is 3.96. The predicted molar refractivity (Wildman–Crippen MR) is 76.3 cm³/mol. The number of rotatable bonds is 5. The number of benzene rings is 1. The molecule has 2 aliphatic rings. The first-order valence-corrected chi connectivity index (χ1v) is 8.62. The van der Waals surface area contributed by atoms with Gasteiger partial charge in [-0.2, -0.15) is 0 Å². The normalized spacial score (nSPS) is 23.5. The smallest absolute Gasteiger partial charge is 0.244 e. The third-order valence-electron chi connectivity index (χ3n) is 3.58. The van der Waals surface area contributed by atoms with E-state index >= 15 is 0 Å². The molecule has 1 saturated heterocycles. The molecule has 0 spiro atoms. The van der Waals surface area contributed by atoms with Crippen LogP contribution < -0.4 is 14.8 Å². The van der Waals surface area contributed by atoms with Crippen LogP contribution in [0.3, 0.4) is 0 Å². The Morgan fingerprint density at radius 1 is 1.20 bits per heavy atom. The van der Waals surface area contributed by atoms with Crippen LogP contribution in [0.15, 0.2) is 29.2 Å². The zero-order chi connectivity index (χ0) is 14.0. The fraction of sp³-hybridized carbons (Fsp3) is 0.571. The number of para-hydroxylation sites is 1. The molecular weight excluding hydrogens is 276 g/mol. The van der Waals surface area contributed by atoms with Crippen molar-refractivity contribution in [2.75, 3.05) is 13.1 Å². The van der Waals surface area contributed by atoms with Crippen molar-refractivity contribution in [3.05, 3.63) is 24.3 Å². The van der Waals surface area contributed by atoms with Crippen LogP contribution in [0.2, 0.25) is 0 Å². The first-order valence-electron chi connectivity index (χ1n) is 7.14. The first-order chi connectivity index (χ1) is 9.65. The van der Waals surface area contributed by atoms with Gasteiger partial charge in [-0.25, -0.2) is 13.1 Å². The molecule has 1 heterocycles. The zero-order valence-corrected chi connectivity index (χ0v) is 12.2. The van der Waals surface area contributed by atoms with Crippen molar-refractivity contribution in [1.82, 2.24) is 10.0 Å². The molecule has 110 valence electrons. The van der Waals surface area contributed by atoms with Gasteiger partial charge in [0.05, 0.1) is 0 Å². The summed E-state index contributed by atoms with van der Waals surface area (Å²) in [6, 6.07) is 6.98. The van der Waals surface area contributed by atoms with Gasteiger partial charge in [-0.15, -0.1) is 0 Å². The molecule has 2 N–H and O–H groups in total. The molecule has 1 aliphatic carbocycles. The van der Waals surface area contributed by atoms with Crippen molar-refractivity contribution in [3.63, 3.8) is 0 Å². The van der Waals surface area contributed by atoms with Gasteiger partial charge in [-0.05, 0) is 44.4 Å². The third-order valence-corrected chi connectivity index (χ3v) is 5.14. The summed E-state index contributed by atoms with van der Waals surface area (Å²) in [6.45, 7) is 1.77. The minimum atomic E-state index is -3.47. The lowest BCUT2D eigenvalue weighted by molar-refractivity contribution is 0.163. The van der Waals surface area contributed by atoms with E-state index in [2.05, 4.69) is 10.0 Å². The Morgan fingerprint density at radius 3 is 2.70 bits per heavy atom. The average molecular weight is 296 g/mol. The minimum absolute atomic E-state index is 0.0426. The van der Waals surface area contributed by atoms with E-state index in [-0.39, 0.29) is 17.0 Å². The lowest BCUT2D eigenvalue weighted by Gasteiger charge is -2.25. The van der Waals surface area contributed by atoms with Crippen LogP contribution in [0.4, 0.5) is 0 Å². The summed E-state index contributed by atoms with van der Waals surface area (Å²) in [4.78, 5) is 0.248. The van der Waals surface area contributed by atoms with E-state index in [0.717, 1.165) is 38.8 Å². The number of ether oxygens (including phenoxy) is 1. The summed E-state index contributed by atoms with van der Waals surface area (Å²) in [6.07, 6.45) is 3.90. The van der Waals surface area contributed by atoms with Crippen LogP contribution in [0.5, 0.6) is 5.75 Å². The van der Waals surface area contributed by atoms with Crippen molar-refractivity contribution < 1.29 is 13.2 Å². The fourth-order valence-electron chi connectivity index (χ4n) is 2.35. The maximum absolute atomic E-state index is 12.3. The molecule has 0 amide bonds. The van der Waals surface area contributed by atoms with Crippen LogP contribution in [-0.2, 0) is 10.0 Å². The summed E-state index contributed by atoms with van der Waals surface area (Å²) in [5, 5.41) is 3.27. The second-order valence-corrected chi connectivity index (χ2v) is 7.11. The standard InChI is InChI=1S/C14H20N2O3S/c17-20(18,16-11-7-8-11)14-6-2-1-5-13(14)19-12-4-3-9-15-10-12/h1-2,5-6,11-12,15-16H,3-4,7-10H2/t12-/m0/s1. The van der Waals surface area contributed by atoms with Crippen LogP contribution in [0.1, 0.15) is 25.7 Å². The minimum Gasteiger partial charge on any atom is -0.488 e. The molecule has 5 nitrogen and oxygen atoms in total. The topological polar surface area (TPSA) is 67.4 Å². The molecule has 3 rings (SSSR count). The van der Waals surface area contributed by atoms with E-state index in [1.165, 1.54) is 0 Å². The summed E-state index contributed by atoms with van der Waals surface area (Å²) in [5.41, 5.74) is 0. The second kappa shape index (κ2) is 5.71. The number of sulfonamides is 1. The highest BCUT2D eigenvalue weighted by Crippen LogP contribution is 2.28. The van der Waals surface area contributed by atoms with Crippen molar-refractivity contribution in [1.29, 1.82) is 0 Å². The molecule has 6 heteroatoms. The van der Waals surface area contributed by atoms with Gasteiger partial charge in [0.15, 0.2) is 0 Å². The van der Waals surface area contributed by atoms with Crippen LogP contribution >= 0.6 is 0 Å². The number of piperidine rings is 1. The monoisotopic (exact) mass is 296 g/mol. The van der Waals surface area contributed by atoms with Gasteiger partial charge < -0.3 is 10.1 Å². The molecule has 0 aromatic heterocycles. The Morgan fingerprint density at radius 2 is 2.00 bits per heavy atom. The molecule has 1 atom stereocenters. The largest absolute Gasteiger partial charge is 0.488 e. The quantitative estimate of drug-likeness (QED) is 0.858.